The van der Waals surface area contributed by atoms with Gasteiger partial charge >= 0.3 is 0 Å². The van der Waals surface area contributed by atoms with E-state index >= 15 is 0 Å². The maximum atomic E-state index is 12.0. The Morgan fingerprint density at radius 1 is 1.29 bits per heavy atom. The van der Waals surface area contributed by atoms with Gasteiger partial charge in [0.05, 0.1) is 0 Å². The summed E-state index contributed by atoms with van der Waals surface area (Å²) in [5.41, 5.74) is 2.68. The lowest BCUT2D eigenvalue weighted by molar-refractivity contribution is -0.127. The van der Waals surface area contributed by atoms with Gasteiger partial charge in [0.15, 0.2) is 6.10 Å². The molecule has 0 aromatic heterocycles. The number of unbranched alkanes of at least 4 members (excludes halogenated alkanes) is 2. The summed E-state index contributed by atoms with van der Waals surface area (Å²) in [5.74, 6) is 0.878. The molecule has 1 amide bonds. The van der Waals surface area contributed by atoms with Crippen molar-refractivity contribution in [1.29, 1.82) is 0 Å². The van der Waals surface area contributed by atoms with Gasteiger partial charge < -0.3 is 10.1 Å². The van der Waals surface area contributed by atoms with Crippen LogP contribution in [0.15, 0.2) is 18.2 Å². The number of carbonyl (C=O) groups excluding carboxylic acids is 1. The first-order chi connectivity index (χ1) is 10.2. The molecule has 0 spiro atoms. The van der Waals surface area contributed by atoms with Gasteiger partial charge in [-0.2, -0.15) is 0 Å². The number of nitrogens with one attached hydrogen (secondary N) is 1. The number of amides is 1. The zero-order valence-electron chi connectivity index (χ0n) is 13.3. The number of benzene rings is 1. The van der Waals surface area contributed by atoms with E-state index in [0.29, 0.717) is 0 Å². The SMILES string of the molecule is CCCCCNC(=O)[C@@H](C)Oc1cccc2c1CCCC2. The monoisotopic (exact) mass is 289 g/mol. The molecule has 0 heterocycles. The van der Waals surface area contributed by atoms with E-state index < -0.39 is 6.10 Å². The summed E-state index contributed by atoms with van der Waals surface area (Å²) < 4.78 is 5.92. The van der Waals surface area contributed by atoms with E-state index in [1.54, 1.807) is 0 Å². The molecule has 3 nitrogen and oxygen atoms in total. The molecule has 1 N–H and O–H groups in total. The molecule has 0 saturated heterocycles. The molecule has 0 fully saturated rings. The van der Waals surface area contributed by atoms with Crippen molar-refractivity contribution < 1.29 is 9.53 Å². The van der Waals surface area contributed by atoms with Crippen LogP contribution in [0.4, 0.5) is 0 Å². The maximum absolute atomic E-state index is 12.0. The van der Waals surface area contributed by atoms with E-state index in [1.807, 2.05) is 19.1 Å². The van der Waals surface area contributed by atoms with E-state index in [9.17, 15) is 4.79 Å². The molecule has 0 bridgehead atoms. The molecule has 21 heavy (non-hydrogen) atoms. The van der Waals surface area contributed by atoms with Crippen LogP contribution in [0.5, 0.6) is 5.75 Å². The van der Waals surface area contributed by atoms with Gasteiger partial charge in [0.1, 0.15) is 5.75 Å². The normalized spacial score (nSPS) is 15.1. The minimum absolute atomic E-state index is 0.0143. The first-order valence-electron chi connectivity index (χ1n) is 8.27. The summed E-state index contributed by atoms with van der Waals surface area (Å²) in [7, 11) is 0. The van der Waals surface area contributed by atoms with E-state index in [-0.39, 0.29) is 5.91 Å². The highest BCUT2D eigenvalue weighted by molar-refractivity contribution is 5.80. The average Bonchev–Trinajstić information content (AvgIpc) is 2.51. The number of fused-ring (bicyclic) bond motifs is 1. The van der Waals surface area contributed by atoms with Gasteiger partial charge in [0, 0.05) is 6.54 Å². The molecule has 0 radical (unpaired) electrons. The Kier molecular flexibility index (Phi) is 6.09. The zero-order chi connectivity index (χ0) is 15.1. The predicted molar refractivity (Wildman–Crippen MR) is 85.7 cm³/mol. The number of hydrogen-bond acceptors (Lipinski definition) is 2. The topological polar surface area (TPSA) is 38.3 Å². The summed E-state index contributed by atoms with van der Waals surface area (Å²) in [5, 5.41) is 2.95. The van der Waals surface area contributed by atoms with E-state index in [1.165, 1.54) is 24.0 Å². The van der Waals surface area contributed by atoms with Crippen molar-refractivity contribution in [1.82, 2.24) is 5.32 Å². The van der Waals surface area contributed by atoms with Crippen molar-refractivity contribution in [2.45, 2.75) is 64.9 Å². The molecule has 2 rings (SSSR count). The third-order valence-corrected chi connectivity index (χ3v) is 4.11. The van der Waals surface area contributed by atoms with Crippen molar-refractivity contribution >= 4 is 5.91 Å². The number of hydrogen-bond donors (Lipinski definition) is 1. The Bertz CT molecular complexity index is 470. The lowest BCUT2D eigenvalue weighted by Crippen LogP contribution is -2.37. The second-order valence-electron chi connectivity index (χ2n) is 5.86. The van der Waals surface area contributed by atoms with Crippen LogP contribution in [-0.4, -0.2) is 18.6 Å². The molecule has 1 aromatic carbocycles. The van der Waals surface area contributed by atoms with Crippen LogP contribution < -0.4 is 10.1 Å². The predicted octanol–water partition coefficient (Wildman–Crippen LogP) is 3.64. The smallest absolute Gasteiger partial charge is 0.260 e. The zero-order valence-corrected chi connectivity index (χ0v) is 13.3. The van der Waals surface area contributed by atoms with Crippen molar-refractivity contribution in [3.63, 3.8) is 0 Å². The lowest BCUT2D eigenvalue weighted by Gasteiger charge is -2.22. The van der Waals surface area contributed by atoms with Crippen LogP contribution in [-0.2, 0) is 17.6 Å². The van der Waals surface area contributed by atoms with Gasteiger partial charge in [-0.05, 0) is 56.2 Å². The van der Waals surface area contributed by atoms with Crippen LogP contribution >= 0.6 is 0 Å². The van der Waals surface area contributed by atoms with Crippen LogP contribution in [0, 0.1) is 0 Å². The number of carbonyl (C=O) groups is 1. The van der Waals surface area contributed by atoms with Crippen molar-refractivity contribution in [2.24, 2.45) is 0 Å². The number of aryl methyl sites for hydroxylation is 1. The highest BCUT2D eigenvalue weighted by Crippen LogP contribution is 2.30. The van der Waals surface area contributed by atoms with Crippen LogP contribution in [0.3, 0.4) is 0 Å². The number of rotatable bonds is 7. The Balaban J connectivity index is 1.90. The number of ether oxygens (including phenoxy) is 1. The van der Waals surface area contributed by atoms with Crippen molar-refractivity contribution in [3.8, 4) is 5.75 Å². The van der Waals surface area contributed by atoms with Gasteiger partial charge in [-0.15, -0.1) is 0 Å². The van der Waals surface area contributed by atoms with Gasteiger partial charge in [-0.25, -0.2) is 0 Å². The van der Waals surface area contributed by atoms with Gasteiger partial charge in [-0.3, -0.25) is 4.79 Å². The third-order valence-electron chi connectivity index (χ3n) is 4.11. The standard InChI is InChI=1S/C18H27NO2/c1-3-4-7-13-19-18(20)14(2)21-17-12-8-10-15-9-5-6-11-16(15)17/h8,10,12,14H,3-7,9,11,13H2,1-2H3,(H,19,20)/t14-/m1/s1. The lowest BCUT2D eigenvalue weighted by atomic mass is 9.91. The second kappa shape index (κ2) is 8.06. The van der Waals surface area contributed by atoms with Crippen LogP contribution in [0.1, 0.15) is 57.1 Å². The van der Waals surface area contributed by atoms with Gasteiger partial charge in [-0.1, -0.05) is 31.9 Å². The Hall–Kier alpha value is -1.51. The van der Waals surface area contributed by atoms with E-state index in [2.05, 4.69) is 18.3 Å². The van der Waals surface area contributed by atoms with Gasteiger partial charge in [0.25, 0.3) is 5.91 Å². The molecule has 0 aliphatic heterocycles. The summed E-state index contributed by atoms with van der Waals surface area (Å²) in [6.45, 7) is 4.73. The fraction of sp³-hybridized carbons (Fsp3) is 0.611. The summed E-state index contributed by atoms with van der Waals surface area (Å²) in [6, 6.07) is 6.20. The molecular formula is C18H27NO2. The highest BCUT2D eigenvalue weighted by Gasteiger charge is 2.18. The summed E-state index contributed by atoms with van der Waals surface area (Å²) in [6.07, 6.45) is 7.59. The fourth-order valence-electron chi connectivity index (χ4n) is 2.83. The molecule has 1 atom stereocenters. The molecule has 116 valence electrons. The second-order valence-corrected chi connectivity index (χ2v) is 5.86. The quantitative estimate of drug-likeness (QED) is 0.778. The van der Waals surface area contributed by atoms with E-state index in [0.717, 1.165) is 44.4 Å². The van der Waals surface area contributed by atoms with Crippen LogP contribution in [0.2, 0.25) is 0 Å². The molecular weight excluding hydrogens is 262 g/mol. The first-order valence-corrected chi connectivity index (χ1v) is 8.27. The minimum Gasteiger partial charge on any atom is -0.481 e. The Morgan fingerprint density at radius 3 is 2.90 bits per heavy atom. The molecule has 1 aliphatic carbocycles. The average molecular weight is 289 g/mol. The molecule has 3 heteroatoms. The van der Waals surface area contributed by atoms with Crippen molar-refractivity contribution in [3.05, 3.63) is 29.3 Å². The molecule has 1 aromatic rings. The first kappa shape index (κ1) is 15.9. The largest absolute Gasteiger partial charge is 0.481 e. The van der Waals surface area contributed by atoms with Gasteiger partial charge in [0.2, 0.25) is 0 Å². The van der Waals surface area contributed by atoms with E-state index in [4.69, 9.17) is 4.74 Å². The van der Waals surface area contributed by atoms with Crippen molar-refractivity contribution in [2.75, 3.05) is 6.54 Å². The maximum Gasteiger partial charge on any atom is 0.260 e. The fourth-order valence-corrected chi connectivity index (χ4v) is 2.83. The third kappa shape index (κ3) is 4.48. The summed E-state index contributed by atoms with van der Waals surface area (Å²) in [4.78, 5) is 12.0. The Morgan fingerprint density at radius 2 is 2.10 bits per heavy atom. The molecule has 0 unspecified atom stereocenters. The highest BCUT2D eigenvalue weighted by atomic mass is 16.5. The van der Waals surface area contributed by atoms with Crippen LogP contribution in [0.25, 0.3) is 0 Å². The molecule has 1 aliphatic rings. The minimum atomic E-state index is -0.431. The summed E-state index contributed by atoms with van der Waals surface area (Å²) >= 11 is 0. The molecule has 0 saturated carbocycles. The Labute approximate surface area is 128 Å².